The van der Waals surface area contributed by atoms with Crippen LogP contribution in [0.3, 0.4) is 0 Å². The highest BCUT2D eigenvalue weighted by molar-refractivity contribution is 5.40. The molecule has 19 heavy (non-hydrogen) atoms. The highest BCUT2D eigenvalue weighted by Gasteiger charge is 1.99. The van der Waals surface area contributed by atoms with Gasteiger partial charge in [-0.1, -0.05) is 35.9 Å². The average molecular weight is 254 g/mol. The van der Waals surface area contributed by atoms with Crippen LogP contribution in [0.2, 0.25) is 0 Å². The minimum atomic E-state index is 0.828. The number of nitrogens with two attached hydrogens (primary N) is 1. The molecule has 0 aromatic heterocycles. The molecule has 2 nitrogen and oxygen atoms in total. The van der Waals surface area contributed by atoms with E-state index in [1.54, 1.807) is 0 Å². The van der Waals surface area contributed by atoms with Crippen LogP contribution < -0.4 is 11.1 Å². The molecule has 0 fully saturated rings. The van der Waals surface area contributed by atoms with Gasteiger partial charge in [0.1, 0.15) is 0 Å². The monoisotopic (exact) mass is 254 g/mol. The van der Waals surface area contributed by atoms with Gasteiger partial charge in [0, 0.05) is 12.2 Å². The van der Waals surface area contributed by atoms with Crippen molar-refractivity contribution in [3.05, 3.63) is 64.7 Å². The van der Waals surface area contributed by atoms with Crippen LogP contribution in [-0.2, 0) is 13.0 Å². The smallest absolute Gasteiger partial charge is 0.0317 e. The van der Waals surface area contributed by atoms with E-state index in [-0.39, 0.29) is 0 Å². The molecule has 0 spiro atoms. The molecule has 2 heteroatoms. The molecular weight excluding hydrogens is 232 g/mol. The molecule has 2 rings (SSSR count). The Morgan fingerprint density at radius 2 is 1.89 bits per heavy atom. The van der Waals surface area contributed by atoms with Crippen LogP contribution in [0, 0.1) is 13.8 Å². The van der Waals surface area contributed by atoms with E-state index in [1.165, 1.54) is 22.3 Å². The largest absolute Gasteiger partial charge is 0.399 e. The normalized spacial score (nSPS) is 10.6. The Morgan fingerprint density at radius 1 is 1.05 bits per heavy atom. The number of benzene rings is 2. The van der Waals surface area contributed by atoms with E-state index in [4.69, 9.17) is 5.73 Å². The molecule has 0 heterocycles. The summed E-state index contributed by atoms with van der Waals surface area (Å²) in [6, 6.07) is 14.7. The summed E-state index contributed by atoms with van der Waals surface area (Å²) in [5.41, 5.74) is 12.0. The lowest BCUT2D eigenvalue weighted by Gasteiger charge is -2.09. The lowest BCUT2D eigenvalue weighted by atomic mass is 10.0. The summed E-state index contributed by atoms with van der Waals surface area (Å²) < 4.78 is 0. The third-order valence-electron chi connectivity index (χ3n) is 3.36. The quantitative estimate of drug-likeness (QED) is 0.635. The molecular formula is C17H22N2. The number of nitrogen functional groups attached to an aromatic ring is 1. The summed E-state index contributed by atoms with van der Waals surface area (Å²) in [6.45, 7) is 6.17. The lowest BCUT2D eigenvalue weighted by Crippen LogP contribution is -2.17. The first kappa shape index (κ1) is 13.6. The Kier molecular flexibility index (Phi) is 4.58. The molecule has 0 unspecified atom stereocenters. The second-order valence-corrected chi connectivity index (χ2v) is 5.10. The molecule has 0 aliphatic carbocycles. The summed E-state index contributed by atoms with van der Waals surface area (Å²) in [5, 5.41) is 3.47. The number of rotatable bonds is 5. The Bertz CT molecular complexity index is 547. The van der Waals surface area contributed by atoms with E-state index in [9.17, 15) is 0 Å². The van der Waals surface area contributed by atoms with Crippen LogP contribution in [0.25, 0.3) is 0 Å². The van der Waals surface area contributed by atoms with Gasteiger partial charge in [0.2, 0.25) is 0 Å². The molecule has 2 aromatic carbocycles. The van der Waals surface area contributed by atoms with Crippen molar-refractivity contribution in [1.82, 2.24) is 5.32 Å². The van der Waals surface area contributed by atoms with Crippen molar-refractivity contribution in [3.8, 4) is 0 Å². The Balaban J connectivity index is 1.82. The van der Waals surface area contributed by atoms with Crippen molar-refractivity contribution in [2.24, 2.45) is 0 Å². The molecule has 0 amide bonds. The van der Waals surface area contributed by atoms with Gasteiger partial charge in [-0.25, -0.2) is 0 Å². The van der Waals surface area contributed by atoms with E-state index in [2.05, 4.69) is 43.4 Å². The average Bonchev–Trinajstić information content (AvgIpc) is 2.39. The minimum Gasteiger partial charge on any atom is -0.399 e. The van der Waals surface area contributed by atoms with E-state index >= 15 is 0 Å². The summed E-state index contributed by atoms with van der Waals surface area (Å²) in [5.74, 6) is 0. The van der Waals surface area contributed by atoms with E-state index in [0.717, 1.165) is 25.2 Å². The summed E-state index contributed by atoms with van der Waals surface area (Å²) in [6.07, 6.45) is 1.07. The molecule has 0 saturated carbocycles. The first-order valence-electron chi connectivity index (χ1n) is 6.76. The van der Waals surface area contributed by atoms with Crippen molar-refractivity contribution >= 4 is 5.69 Å². The van der Waals surface area contributed by atoms with Gasteiger partial charge in [-0.05, 0) is 55.6 Å². The predicted octanol–water partition coefficient (Wildman–Crippen LogP) is 3.22. The van der Waals surface area contributed by atoms with Crippen LogP contribution in [0.5, 0.6) is 0 Å². The third kappa shape index (κ3) is 4.11. The first-order chi connectivity index (χ1) is 9.15. The van der Waals surface area contributed by atoms with Gasteiger partial charge in [-0.3, -0.25) is 0 Å². The SMILES string of the molecule is Cc1ccc(C)c(CCNCc2cccc(N)c2)c1. The minimum absolute atomic E-state index is 0.828. The third-order valence-corrected chi connectivity index (χ3v) is 3.36. The van der Waals surface area contributed by atoms with E-state index < -0.39 is 0 Å². The lowest BCUT2D eigenvalue weighted by molar-refractivity contribution is 0.685. The molecule has 0 aliphatic heterocycles. The Labute approximate surface area is 115 Å². The molecule has 0 bridgehead atoms. The maximum atomic E-state index is 5.76. The van der Waals surface area contributed by atoms with Gasteiger partial charge in [0.25, 0.3) is 0 Å². The van der Waals surface area contributed by atoms with Crippen LogP contribution in [0.15, 0.2) is 42.5 Å². The fourth-order valence-electron chi connectivity index (χ4n) is 2.23. The van der Waals surface area contributed by atoms with Crippen molar-refractivity contribution in [1.29, 1.82) is 0 Å². The molecule has 100 valence electrons. The van der Waals surface area contributed by atoms with Gasteiger partial charge in [0.05, 0.1) is 0 Å². The maximum absolute atomic E-state index is 5.76. The van der Waals surface area contributed by atoms with Gasteiger partial charge >= 0.3 is 0 Å². The van der Waals surface area contributed by atoms with E-state index in [1.807, 2.05) is 18.2 Å². The van der Waals surface area contributed by atoms with Crippen LogP contribution in [0.1, 0.15) is 22.3 Å². The van der Waals surface area contributed by atoms with Crippen LogP contribution in [0.4, 0.5) is 5.69 Å². The summed E-state index contributed by atoms with van der Waals surface area (Å²) in [4.78, 5) is 0. The van der Waals surface area contributed by atoms with Crippen molar-refractivity contribution in [3.63, 3.8) is 0 Å². The van der Waals surface area contributed by atoms with Gasteiger partial charge in [-0.2, -0.15) is 0 Å². The number of hydrogen-bond acceptors (Lipinski definition) is 2. The topological polar surface area (TPSA) is 38.0 Å². The first-order valence-corrected chi connectivity index (χ1v) is 6.76. The second-order valence-electron chi connectivity index (χ2n) is 5.10. The molecule has 0 atom stereocenters. The molecule has 0 radical (unpaired) electrons. The highest BCUT2D eigenvalue weighted by Crippen LogP contribution is 2.11. The number of anilines is 1. The summed E-state index contributed by atoms with van der Waals surface area (Å²) in [7, 11) is 0. The fraction of sp³-hybridized carbons (Fsp3) is 0.294. The zero-order chi connectivity index (χ0) is 13.7. The molecule has 0 saturated heterocycles. The molecule has 0 aliphatic rings. The van der Waals surface area contributed by atoms with E-state index in [0.29, 0.717) is 0 Å². The van der Waals surface area contributed by atoms with Crippen LogP contribution >= 0.6 is 0 Å². The molecule has 3 N–H and O–H groups in total. The maximum Gasteiger partial charge on any atom is 0.0317 e. The van der Waals surface area contributed by atoms with Crippen molar-refractivity contribution in [2.45, 2.75) is 26.8 Å². The Hall–Kier alpha value is -1.80. The zero-order valence-electron chi connectivity index (χ0n) is 11.7. The van der Waals surface area contributed by atoms with Crippen LogP contribution in [-0.4, -0.2) is 6.54 Å². The highest BCUT2D eigenvalue weighted by atomic mass is 14.8. The number of aryl methyl sites for hydroxylation is 2. The van der Waals surface area contributed by atoms with Gasteiger partial charge in [0.15, 0.2) is 0 Å². The van der Waals surface area contributed by atoms with Gasteiger partial charge < -0.3 is 11.1 Å². The fourth-order valence-corrected chi connectivity index (χ4v) is 2.23. The van der Waals surface area contributed by atoms with Crippen molar-refractivity contribution < 1.29 is 0 Å². The molecule has 2 aromatic rings. The second kappa shape index (κ2) is 6.39. The predicted molar refractivity (Wildman–Crippen MR) is 82.2 cm³/mol. The number of nitrogens with one attached hydrogen (secondary N) is 1. The summed E-state index contributed by atoms with van der Waals surface area (Å²) >= 11 is 0. The zero-order valence-corrected chi connectivity index (χ0v) is 11.7. The standard InChI is InChI=1S/C17H22N2/c1-13-6-7-14(2)16(10-13)8-9-19-12-15-4-3-5-17(18)11-15/h3-7,10-11,19H,8-9,12,18H2,1-2H3. The van der Waals surface area contributed by atoms with Gasteiger partial charge in [-0.15, -0.1) is 0 Å². The Morgan fingerprint density at radius 3 is 2.68 bits per heavy atom. The van der Waals surface area contributed by atoms with Crippen molar-refractivity contribution in [2.75, 3.05) is 12.3 Å². The number of hydrogen-bond donors (Lipinski definition) is 2.